The van der Waals surface area contributed by atoms with Crippen molar-refractivity contribution in [2.24, 2.45) is 5.41 Å². The molecule has 1 heterocycles. The third kappa shape index (κ3) is 4.97. The number of carbonyl (C=O) groups is 1. The zero-order chi connectivity index (χ0) is 18.0. The first-order chi connectivity index (χ1) is 11.1. The Morgan fingerprint density at radius 1 is 1.17 bits per heavy atom. The highest BCUT2D eigenvalue weighted by Gasteiger charge is 2.31. The predicted octanol–water partition coefficient (Wildman–Crippen LogP) is 3.68. The molecule has 134 valence electrons. The van der Waals surface area contributed by atoms with Crippen LogP contribution in [0.4, 0.5) is 0 Å². The summed E-state index contributed by atoms with van der Waals surface area (Å²) in [5.74, 6) is 0.628. The monoisotopic (exact) mass is 333 g/mol. The normalized spacial score (nSPS) is 21.6. The van der Waals surface area contributed by atoms with Crippen LogP contribution in [0.25, 0.3) is 0 Å². The largest absolute Gasteiger partial charge is 0.489 e. The number of methoxy groups -OCH3 is 1. The van der Waals surface area contributed by atoms with Crippen molar-refractivity contribution in [3.63, 3.8) is 0 Å². The van der Waals surface area contributed by atoms with Gasteiger partial charge in [-0.25, -0.2) is 0 Å². The van der Waals surface area contributed by atoms with Gasteiger partial charge in [-0.3, -0.25) is 4.79 Å². The van der Waals surface area contributed by atoms with Gasteiger partial charge in [-0.15, -0.1) is 0 Å². The average molecular weight is 333 g/mol. The first kappa shape index (κ1) is 18.8. The lowest BCUT2D eigenvalue weighted by Crippen LogP contribution is -2.31. The van der Waals surface area contributed by atoms with Crippen LogP contribution in [-0.2, 0) is 14.9 Å². The highest BCUT2D eigenvalue weighted by molar-refractivity contribution is 5.76. The van der Waals surface area contributed by atoms with Gasteiger partial charge in [0.1, 0.15) is 17.9 Å². The van der Waals surface area contributed by atoms with Crippen LogP contribution in [0.15, 0.2) is 24.3 Å². The highest BCUT2D eigenvalue weighted by Crippen LogP contribution is 2.36. The molecule has 0 aliphatic carbocycles. The third-order valence-corrected chi connectivity index (χ3v) is 4.49. The number of carbonyl (C=O) groups excluding carboxylic acids is 1. The summed E-state index contributed by atoms with van der Waals surface area (Å²) in [4.78, 5) is 11.5. The Morgan fingerprint density at radius 3 is 2.33 bits per heavy atom. The van der Waals surface area contributed by atoms with Crippen molar-refractivity contribution in [2.75, 3.05) is 13.7 Å². The van der Waals surface area contributed by atoms with Gasteiger partial charge >= 0.3 is 5.97 Å². The fraction of sp³-hybridized carbons (Fsp3) is 0.650. The van der Waals surface area contributed by atoms with Crippen LogP contribution < -0.4 is 10.1 Å². The molecule has 0 spiro atoms. The Balaban J connectivity index is 1.97. The fourth-order valence-corrected chi connectivity index (χ4v) is 3.72. The maximum absolute atomic E-state index is 11.5. The molecule has 0 bridgehead atoms. The predicted molar refractivity (Wildman–Crippen MR) is 96.4 cm³/mol. The lowest BCUT2D eigenvalue weighted by atomic mass is 9.72. The summed E-state index contributed by atoms with van der Waals surface area (Å²) in [6.45, 7) is 12.1. The second kappa shape index (κ2) is 7.14. The molecule has 0 saturated carbocycles. The maximum atomic E-state index is 11.5. The molecule has 1 aliphatic heterocycles. The minimum Gasteiger partial charge on any atom is -0.489 e. The van der Waals surface area contributed by atoms with Crippen LogP contribution in [0.3, 0.4) is 0 Å². The van der Waals surface area contributed by atoms with Crippen LogP contribution in [0.5, 0.6) is 5.75 Å². The van der Waals surface area contributed by atoms with Crippen molar-refractivity contribution in [2.45, 2.75) is 65.0 Å². The van der Waals surface area contributed by atoms with Gasteiger partial charge < -0.3 is 14.8 Å². The Hall–Kier alpha value is -1.55. The summed E-state index contributed by atoms with van der Waals surface area (Å²) in [5, 5.41) is 3.14. The highest BCUT2D eigenvalue weighted by atomic mass is 16.5. The molecular weight excluding hydrogens is 302 g/mol. The molecule has 1 aromatic carbocycles. The SMILES string of the molecule is COC(=O)[C@@H]1C[C@@H](Oc2ccc(C(C)(C)CC(C)(C)C)cc2)CN1. The van der Waals surface area contributed by atoms with Crippen molar-refractivity contribution in [3.05, 3.63) is 29.8 Å². The fourth-order valence-electron chi connectivity index (χ4n) is 3.72. The van der Waals surface area contributed by atoms with E-state index in [2.05, 4.69) is 52.1 Å². The molecule has 24 heavy (non-hydrogen) atoms. The molecule has 1 fully saturated rings. The Morgan fingerprint density at radius 2 is 1.79 bits per heavy atom. The van der Waals surface area contributed by atoms with Gasteiger partial charge in [0.25, 0.3) is 0 Å². The van der Waals surface area contributed by atoms with Crippen LogP contribution in [0.1, 0.15) is 53.0 Å². The number of nitrogens with one attached hydrogen (secondary N) is 1. The van der Waals surface area contributed by atoms with E-state index in [-0.39, 0.29) is 28.9 Å². The van der Waals surface area contributed by atoms with E-state index in [0.717, 1.165) is 12.2 Å². The molecule has 0 unspecified atom stereocenters. The smallest absolute Gasteiger partial charge is 0.323 e. The topological polar surface area (TPSA) is 47.6 Å². The summed E-state index contributed by atoms with van der Waals surface area (Å²) < 4.78 is 10.8. The van der Waals surface area contributed by atoms with Crippen molar-refractivity contribution in [1.82, 2.24) is 5.32 Å². The number of benzene rings is 1. The van der Waals surface area contributed by atoms with Crippen LogP contribution >= 0.6 is 0 Å². The van der Waals surface area contributed by atoms with E-state index in [0.29, 0.717) is 13.0 Å². The Kier molecular flexibility index (Phi) is 5.59. The zero-order valence-electron chi connectivity index (χ0n) is 15.8. The molecule has 0 amide bonds. The molecule has 1 N–H and O–H groups in total. The minimum absolute atomic E-state index is 0.00235. The first-order valence-electron chi connectivity index (χ1n) is 8.69. The lowest BCUT2D eigenvalue weighted by Gasteiger charge is -2.33. The van der Waals surface area contributed by atoms with E-state index in [1.165, 1.54) is 12.7 Å². The molecule has 1 aliphatic rings. The van der Waals surface area contributed by atoms with Gasteiger partial charge in [-0.2, -0.15) is 0 Å². The molecule has 4 nitrogen and oxygen atoms in total. The number of hydrogen-bond acceptors (Lipinski definition) is 4. The molecule has 1 saturated heterocycles. The summed E-state index contributed by atoms with van der Waals surface area (Å²) in [7, 11) is 1.41. The molecule has 0 aromatic heterocycles. The summed E-state index contributed by atoms with van der Waals surface area (Å²) in [6, 6.07) is 8.11. The zero-order valence-corrected chi connectivity index (χ0v) is 15.8. The summed E-state index contributed by atoms with van der Waals surface area (Å²) >= 11 is 0. The third-order valence-electron chi connectivity index (χ3n) is 4.49. The number of esters is 1. The van der Waals surface area contributed by atoms with E-state index < -0.39 is 0 Å². The summed E-state index contributed by atoms with van der Waals surface area (Å²) in [6.07, 6.45) is 1.76. The second-order valence-corrected chi connectivity index (χ2v) is 8.61. The summed E-state index contributed by atoms with van der Waals surface area (Å²) in [5.41, 5.74) is 1.74. The van der Waals surface area contributed by atoms with Crippen molar-refractivity contribution < 1.29 is 14.3 Å². The van der Waals surface area contributed by atoms with Gasteiger partial charge in [-0.05, 0) is 34.9 Å². The maximum Gasteiger partial charge on any atom is 0.323 e. The van der Waals surface area contributed by atoms with E-state index in [1.807, 2.05) is 12.1 Å². The van der Waals surface area contributed by atoms with Crippen molar-refractivity contribution in [1.29, 1.82) is 0 Å². The van der Waals surface area contributed by atoms with Crippen molar-refractivity contribution in [3.8, 4) is 5.75 Å². The van der Waals surface area contributed by atoms with Gasteiger partial charge in [0.05, 0.1) is 7.11 Å². The molecular formula is C20H31NO3. The quantitative estimate of drug-likeness (QED) is 0.835. The van der Waals surface area contributed by atoms with E-state index in [1.54, 1.807) is 0 Å². The molecule has 0 radical (unpaired) electrons. The molecule has 2 atom stereocenters. The van der Waals surface area contributed by atoms with Crippen LogP contribution in [0.2, 0.25) is 0 Å². The molecule has 1 aromatic rings. The standard InChI is InChI=1S/C20H31NO3/c1-19(2,3)13-20(4,5)14-7-9-15(10-8-14)24-16-11-17(21-12-16)18(22)23-6/h7-10,16-17,21H,11-13H2,1-6H3/t16-,17+/m1/s1. The van der Waals surface area contributed by atoms with E-state index >= 15 is 0 Å². The van der Waals surface area contributed by atoms with Gasteiger partial charge in [-0.1, -0.05) is 46.8 Å². The van der Waals surface area contributed by atoms with Crippen molar-refractivity contribution >= 4 is 5.97 Å². The van der Waals surface area contributed by atoms with E-state index in [9.17, 15) is 4.79 Å². The number of ether oxygens (including phenoxy) is 2. The van der Waals surface area contributed by atoms with Crippen LogP contribution in [0, 0.1) is 5.41 Å². The van der Waals surface area contributed by atoms with Crippen LogP contribution in [-0.4, -0.2) is 31.8 Å². The minimum atomic E-state index is -0.259. The average Bonchev–Trinajstić information content (AvgIpc) is 2.93. The van der Waals surface area contributed by atoms with Gasteiger partial charge in [0, 0.05) is 13.0 Å². The van der Waals surface area contributed by atoms with Gasteiger partial charge in [0.2, 0.25) is 0 Å². The first-order valence-corrected chi connectivity index (χ1v) is 8.69. The molecule has 2 rings (SSSR count). The second-order valence-electron chi connectivity index (χ2n) is 8.61. The lowest BCUT2D eigenvalue weighted by molar-refractivity contribution is -0.142. The Bertz CT molecular complexity index is 557. The Labute approximate surface area is 145 Å². The number of hydrogen-bond donors (Lipinski definition) is 1. The van der Waals surface area contributed by atoms with Gasteiger partial charge in [0.15, 0.2) is 0 Å². The van der Waals surface area contributed by atoms with E-state index in [4.69, 9.17) is 9.47 Å². The number of rotatable bonds is 5. The molecule has 4 heteroatoms.